The van der Waals surface area contributed by atoms with Crippen molar-refractivity contribution < 1.29 is 14.3 Å². The fraction of sp³-hybridized carbons (Fsp3) is 0.263. The van der Waals surface area contributed by atoms with Crippen LogP contribution in [0.25, 0.3) is 10.7 Å². The van der Waals surface area contributed by atoms with E-state index in [-0.39, 0.29) is 18.3 Å². The number of hydrogen-bond donors (Lipinski definition) is 2. The van der Waals surface area contributed by atoms with Crippen LogP contribution < -0.4 is 15.6 Å². The molecule has 2 N–H and O–H groups in total. The Hall–Kier alpha value is -2.56. The van der Waals surface area contributed by atoms with E-state index >= 15 is 0 Å². The number of ether oxygens (including phenoxy) is 1. The van der Waals surface area contributed by atoms with E-state index in [0.29, 0.717) is 22.0 Å². The van der Waals surface area contributed by atoms with Crippen molar-refractivity contribution in [3.63, 3.8) is 0 Å². The lowest BCUT2D eigenvalue weighted by molar-refractivity contribution is -0.128. The summed E-state index contributed by atoms with van der Waals surface area (Å²) in [5.74, 6) is 0.640. The van der Waals surface area contributed by atoms with Gasteiger partial charge in [0.1, 0.15) is 5.75 Å². The first-order chi connectivity index (χ1) is 14.6. The zero-order valence-corrected chi connectivity index (χ0v) is 18.1. The zero-order valence-electron chi connectivity index (χ0n) is 15.7. The minimum Gasteiger partial charge on any atom is -0.484 e. The maximum absolute atomic E-state index is 12.1. The first-order valence-electron chi connectivity index (χ1n) is 9.18. The predicted octanol–water partition coefficient (Wildman–Crippen LogP) is 3.31. The molecule has 4 rings (SSSR count). The molecule has 11 heteroatoms. The van der Waals surface area contributed by atoms with Crippen molar-refractivity contribution in [3.05, 3.63) is 46.8 Å². The number of carbonyl (C=O) groups is 2. The van der Waals surface area contributed by atoms with Crippen LogP contribution in [0.15, 0.2) is 46.9 Å². The van der Waals surface area contributed by atoms with E-state index in [0.717, 1.165) is 23.5 Å². The van der Waals surface area contributed by atoms with Crippen LogP contribution in [-0.2, 0) is 9.59 Å². The van der Waals surface area contributed by atoms with Crippen LogP contribution in [0.2, 0.25) is 5.02 Å². The fourth-order valence-corrected chi connectivity index (χ4v) is 4.27. The normalized spacial score (nSPS) is 13.1. The van der Waals surface area contributed by atoms with Crippen molar-refractivity contribution in [1.82, 2.24) is 25.6 Å². The van der Waals surface area contributed by atoms with Gasteiger partial charge in [-0.25, -0.2) is 0 Å². The molecule has 1 aromatic carbocycles. The number of carbonyl (C=O) groups excluding carboxylic acids is 2. The lowest BCUT2D eigenvalue weighted by Crippen LogP contribution is -2.44. The number of benzene rings is 1. The Labute approximate surface area is 185 Å². The van der Waals surface area contributed by atoms with Crippen LogP contribution in [0.5, 0.6) is 5.75 Å². The maximum Gasteiger partial charge on any atom is 0.276 e. The van der Waals surface area contributed by atoms with Gasteiger partial charge in [0.2, 0.25) is 5.91 Å². The average Bonchev–Trinajstić information content (AvgIpc) is 3.26. The predicted molar refractivity (Wildman–Crippen MR) is 116 cm³/mol. The van der Waals surface area contributed by atoms with E-state index in [9.17, 15) is 9.59 Å². The van der Waals surface area contributed by atoms with E-state index in [1.54, 1.807) is 35.6 Å². The van der Waals surface area contributed by atoms with E-state index in [1.807, 2.05) is 17.5 Å². The van der Waals surface area contributed by atoms with Crippen molar-refractivity contribution >= 4 is 46.5 Å². The molecule has 1 saturated carbocycles. The number of hydrogen-bond acceptors (Lipinski definition) is 7. The number of nitrogens with one attached hydrogen (secondary N) is 2. The van der Waals surface area contributed by atoms with Crippen LogP contribution in [0.1, 0.15) is 18.9 Å². The number of halogens is 1. The Balaban J connectivity index is 1.24. The van der Waals surface area contributed by atoms with Crippen molar-refractivity contribution in [2.75, 3.05) is 12.4 Å². The molecule has 1 aliphatic carbocycles. The summed E-state index contributed by atoms with van der Waals surface area (Å²) in [4.78, 5) is 25.0. The number of hydrazine groups is 1. The van der Waals surface area contributed by atoms with Crippen LogP contribution in [-0.4, -0.2) is 38.9 Å². The van der Waals surface area contributed by atoms with Gasteiger partial charge in [-0.05, 0) is 48.6 Å². The molecule has 2 heterocycles. The highest BCUT2D eigenvalue weighted by Gasteiger charge is 2.30. The number of thiophene rings is 1. The average molecular weight is 464 g/mol. The first kappa shape index (κ1) is 20.7. The Kier molecular flexibility index (Phi) is 6.56. The second kappa shape index (κ2) is 9.50. The molecule has 2 amide bonds. The summed E-state index contributed by atoms with van der Waals surface area (Å²) >= 11 is 8.70. The lowest BCUT2D eigenvalue weighted by atomic mass is 10.3. The molecule has 0 saturated heterocycles. The summed E-state index contributed by atoms with van der Waals surface area (Å²) in [7, 11) is 0. The number of aromatic nitrogens is 3. The van der Waals surface area contributed by atoms with Gasteiger partial charge in [-0.15, -0.1) is 21.5 Å². The van der Waals surface area contributed by atoms with Gasteiger partial charge >= 0.3 is 0 Å². The third kappa shape index (κ3) is 5.32. The van der Waals surface area contributed by atoms with Crippen molar-refractivity contribution in [1.29, 1.82) is 0 Å². The number of amides is 2. The van der Waals surface area contributed by atoms with Crippen LogP contribution in [0.4, 0.5) is 0 Å². The van der Waals surface area contributed by atoms with Gasteiger partial charge in [0, 0.05) is 11.1 Å². The van der Waals surface area contributed by atoms with E-state index in [2.05, 4.69) is 25.6 Å². The quantitative estimate of drug-likeness (QED) is 0.393. The van der Waals surface area contributed by atoms with Crippen molar-refractivity contribution in [2.24, 2.45) is 0 Å². The molecule has 0 atom stereocenters. The van der Waals surface area contributed by atoms with Gasteiger partial charge in [-0.2, -0.15) is 0 Å². The highest BCUT2D eigenvalue weighted by Crippen LogP contribution is 2.41. The minimum absolute atomic E-state index is 0.105. The second-order valence-electron chi connectivity index (χ2n) is 6.51. The molecule has 0 bridgehead atoms. The summed E-state index contributed by atoms with van der Waals surface area (Å²) in [5, 5.41) is 11.8. The van der Waals surface area contributed by atoms with Gasteiger partial charge in [0.05, 0.1) is 10.6 Å². The van der Waals surface area contributed by atoms with E-state index in [4.69, 9.17) is 16.3 Å². The van der Waals surface area contributed by atoms with Crippen molar-refractivity contribution in [2.45, 2.75) is 24.0 Å². The monoisotopic (exact) mass is 463 g/mol. The first-order valence-corrected chi connectivity index (χ1v) is 11.4. The molecule has 0 spiro atoms. The fourth-order valence-electron chi connectivity index (χ4n) is 2.63. The molecule has 30 heavy (non-hydrogen) atoms. The van der Waals surface area contributed by atoms with Gasteiger partial charge in [-0.1, -0.05) is 29.4 Å². The third-order valence-electron chi connectivity index (χ3n) is 4.18. The molecule has 156 valence electrons. The van der Waals surface area contributed by atoms with E-state index in [1.165, 1.54) is 11.8 Å². The highest BCUT2D eigenvalue weighted by molar-refractivity contribution is 7.99. The summed E-state index contributed by atoms with van der Waals surface area (Å²) < 4.78 is 7.42. The van der Waals surface area contributed by atoms with Gasteiger partial charge < -0.3 is 4.74 Å². The van der Waals surface area contributed by atoms with Crippen molar-refractivity contribution in [3.8, 4) is 16.5 Å². The molecule has 0 unspecified atom stereocenters. The second-order valence-corrected chi connectivity index (χ2v) is 8.84. The molecule has 0 aliphatic heterocycles. The standard InChI is InChI=1S/C19H18ClN5O3S2/c20-12-3-7-14(8-4-12)28-10-16(26)21-22-17(27)11-30-19-24-23-18(15-2-1-9-29-15)25(19)13-5-6-13/h1-4,7-9,13H,5-6,10-11H2,(H,21,26)(H,22,27). The maximum atomic E-state index is 12.1. The summed E-state index contributed by atoms with van der Waals surface area (Å²) in [6.07, 6.45) is 2.17. The number of rotatable bonds is 8. The summed E-state index contributed by atoms with van der Waals surface area (Å²) in [6, 6.07) is 11.0. The van der Waals surface area contributed by atoms with Crippen LogP contribution in [0.3, 0.4) is 0 Å². The van der Waals surface area contributed by atoms with Gasteiger partial charge in [0.15, 0.2) is 17.6 Å². The SMILES string of the molecule is O=C(COc1ccc(Cl)cc1)NNC(=O)CSc1nnc(-c2cccs2)n1C1CC1. The number of thioether (sulfide) groups is 1. The molecule has 1 aliphatic rings. The highest BCUT2D eigenvalue weighted by atomic mass is 35.5. The smallest absolute Gasteiger partial charge is 0.276 e. The molecule has 2 aromatic heterocycles. The molecule has 8 nitrogen and oxygen atoms in total. The molecular weight excluding hydrogens is 446 g/mol. The van der Waals surface area contributed by atoms with E-state index < -0.39 is 5.91 Å². The topological polar surface area (TPSA) is 98.1 Å². The summed E-state index contributed by atoms with van der Waals surface area (Å²) in [6.45, 7) is -0.227. The Morgan fingerprint density at radius 3 is 2.63 bits per heavy atom. The molecular formula is C19H18ClN5O3S2. The Bertz CT molecular complexity index is 1020. The van der Waals surface area contributed by atoms with Crippen LogP contribution >= 0.6 is 34.7 Å². The zero-order chi connectivity index (χ0) is 20.9. The van der Waals surface area contributed by atoms with Gasteiger partial charge in [0.25, 0.3) is 5.91 Å². The Morgan fingerprint density at radius 1 is 1.17 bits per heavy atom. The lowest BCUT2D eigenvalue weighted by Gasteiger charge is -2.09. The minimum atomic E-state index is -0.468. The number of nitrogens with zero attached hydrogens (tertiary/aromatic N) is 3. The van der Waals surface area contributed by atoms with Crippen LogP contribution in [0, 0.1) is 0 Å². The van der Waals surface area contributed by atoms with Gasteiger partial charge in [-0.3, -0.25) is 25.0 Å². The molecule has 1 fully saturated rings. The molecule has 3 aromatic rings. The third-order valence-corrected chi connectivity index (χ3v) is 6.24. The summed E-state index contributed by atoms with van der Waals surface area (Å²) in [5.41, 5.74) is 4.71. The molecule has 0 radical (unpaired) electrons. The Morgan fingerprint density at radius 2 is 1.93 bits per heavy atom. The largest absolute Gasteiger partial charge is 0.484 e.